The van der Waals surface area contributed by atoms with Crippen molar-refractivity contribution in [2.75, 3.05) is 19.7 Å². The predicted octanol–water partition coefficient (Wildman–Crippen LogP) is 3.28. The van der Waals surface area contributed by atoms with E-state index in [2.05, 4.69) is 6.92 Å². The molecule has 1 heterocycles. The van der Waals surface area contributed by atoms with E-state index in [0.29, 0.717) is 26.0 Å². The normalized spacial score (nSPS) is 17.4. The minimum absolute atomic E-state index is 0.0951. The molecule has 0 saturated carbocycles. The summed E-state index contributed by atoms with van der Waals surface area (Å²) in [6, 6.07) is 10.0. The Morgan fingerprint density at radius 2 is 2.13 bits per heavy atom. The molecule has 0 aliphatic carbocycles. The number of carbonyl (C=O) groups excluding carboxylic acids is 2. The molecule has 0 aromatic heterocycles. The molecular formula is C19H25NO3. The number of ether oxygens (including phenoxy) is 1. The first-order valence-corrected chi connectivity index (χ1v) is 8.36. The molecule has 1 amide bonds. The Balaban J connectivity index is 1.83. The molecule has 1 saturated heterocycles. The van der Waals surface area contributed by atoms with Crippen LogP contribution in [0.3, 0.4) is 0 Å². The van der Waals surface area contributed by atoms with Crippen molar-refractivity contribution in [2.45, 2.75) is 32.6 Å². The van der Waals surface area contributed by atoms with E-state index in [1.165, 1.54) is 0 Å². The zero-order valence-corrected chi connectivity index (χ0v) is 13.7. The zero-order chi connectivity index (χ0) is 16.5. The van der Waals surface area contributed by atoms with E-state index in [9.17, 15) is 9.59 Å². The van der Waals surface area contributed by atoms with Gasteiger partial charge in [-0.05, 0) is 24.8 Å². The molecule has 1 fully saturated rings. The van der Waals surface area contributed by atoms with Crippen LogP contribution in [0.15, 0.2) is 36.4 Å². The first-order valence-electron chi connectivity index (χ1n) is 8.36. The van der Waals surface area contributed by atoms with Gasteiger partial charge in [-0.25, -0.2) is 0 Å². The maximum atomic E-state index is 12.4. The highest BCUT2D eigenvalue weighted by Crippen LogP contribution is 2.20. The molecule has 0 N–H and O–H groups in total. The summed E-state index contributed by atoms with van der Waals surface area (Å²) < 4.78 is 4.94. The van der Waals surface area contributed by atoms with Gasteiger partial charge in [0.05, 0.1) is 12.5 Å². The van der Waals surface area contributed by atoms with Crippen molar-refractivity contribution in [1.82, 2.24) is 4.90 Å². The van der Waals surface area contributed by atoms with Gasteiger partial charge < -0.3 is 9.64 Å². The van der Waals surface area contributed by atoms with E-state index in [1.807, 2.05) is 47.4 Å². The van der Waals surface area contributed by atoms with Crippen LogP contribution < -0.4 is 0 Å². The summed E-state index contributed by atoms with van der Waals surface area (Å²) in [5.41, 5.74) is 1.13. The molecule has 1 unspecified atom stereocenters. The van der Waals surface area contributed by atoms with Gasteiger partial charge in [-0.3, -0.25) is 9.59 Å². The number of nitrogens with zero attached hydrogens (tertiary/aromatic N) is 1. The first kappa shape index (κ1) is 17.3. The van der Waals surface area contributed by atoms with Crippen LogP contribution in [0.4, 0.5) is 0 Å². The van der Waals surface area contributed by atoms with E-state index < -0.39 is 0 Å². The highest BCUT2D eigenvalue weighted by Gasteiger charge is 2.27. The minimum atomic E-state index is -0.149. The van der Waals surface area contributed by atoms with Gasteiger partial charge >= 0.3 is 5.97 Å². The van der Waals surface area contributed by atoms with Gasteiger partial charge in [-0.2, -0.15) is 0 Å². The van der Waals surface area contributed by atoms with Gasteiger partial charge in [-0.15, -0.1) is 0 Å². The smallest absolute Gasteiger partial charge is 0.309 e. The van der Waals surface area contributed by atoms with Crippen molar-refractivity contribution >= 4 is 18.0 Å². The molecule has 1 aliphatic rings. The maximum absolute atomic E-state index is 12.4. The number of hydrogen-bond donors (Lipinski definition) is 0. The van der Waals surface area contributed by atoms with Crippen LogP contribution in [-0.4, -0.2) is 36.5 Å². The number of carbonyl (C=O) groups is 2. The second-order valence-corrected chi connectivity index (χ2v) is 5.84. The van der Waals surface area contributed by atoms with Gasteiger partial charge in [0.15, 0.2) is 0 Å². The van der Waals surface area contributed by atoms with Crippen molar-refractivity contribution < 1.29 is 14.3 Å². The van der Waals surface area contributed by atoms with E-state index in [1.54, 1.807) is 0 Å². The molecule has 23 heavy (non-hydrogen) atoms. The lowest BCUT2D eigenvalue weighted by atomic mass is 10.0. The summed E-state index contributed by atoms with van der Waals surface area (Å²) in [6.45, 7) is 3.91. The number of rotatable bonds is 8. The van der Waals surface area contributed by atoms with Crippen LogP contribution in [0.5, 0.6) is 0 Å². The lowest BCUT2D eigenvalue weighted by Gasteiger charge is -2.21. The molecule has 0 radical (unpaired) electrons. The Bertz CT molecular complexity index is 539. The first-order chi connectivity index (χ1) is 11.2. The number of cyclic esters (lactones) is 1. The second kappa shape index (κ2) is 9.13. The highest BCUT2D eigenvalue weighted by atomic mass is 16.5. The van der Waals surface area contributed by atoms with E-state index in [0.717, 1.165) is 24.9 Å². The topological polar surface area (TPSA) is 46.6 Å². The highest BCUT2D eigenvalue weighted by molar-refractivity contribution is 5.78. The molecule has 124 valence electrons. The third kappa shape index (κ3) is 5.55. The molecule has 1 aromatic carbocycles. The Kier molecular flexibility index (Phi) is 6.85. The summed E-state index contributed by atoms with van der Waals surface area (Å²) in [4.78, 5) is 25.7. The molecule has 4 heteroatoms. The summed E-state index contributed by atoms with van der Waals surface area (Å²) in [6.07, 6.45) is 6.74. The maximum Gasteiger partial charge on any atom is 0.309 e. The van der Waals surface area contributed by atoms with Crippen molar-refractivity contribution in [2.24, 2.45) is 5.92 Å². The molecule has 0 bridgehead atoms. The molecule has 0 spiro atoms. The quantitative estimate of drug-likeness (QED) is 0.692. The van der Waals surface area contributed by atoms with Crippen molar-refractivity contribution in [3.8, 4) is 0 Å². The summed E-state index contributed by atoms with van der Waals surface area (Å²) in [5, 5.41) is 0. The van der Waals surface area contributed by atoms with Crippen LogP contribution in [0, 0.1) is 5.92 Å². The molecule has 4 nitrogen and oxygen atoms in total. The van der Waals surface area contributed by atoms with Gasteiger partial charge in [0.25, 0.3) is 0 Å². The van der Waals surface area contributed by atoms with Gasteiger partial charge in [0.1, 0.15) is 0 Å². The molecular weight excluding hydrogens is 290 g/mol. The van der Waals surface area contributed by atoms with Crippen LogP contribution in [0.1, 0.15) is 38.2 Å². The van der Waals surface area contributed by atoms with Crippen molar-refractivity contribution in [3.63, 3.8) is 0 Å². The van der Waals surface area contributed by atoms with Crippen LogP contribution in [-0.2, 0) is 14.3 Å². The largest absolute Gasteiger partial charge is 0.465 e. The fraction of sp³-hybridized carbons (Fsp3) is 0.474. The second-order valence-electron chi connectivity index (χ2n) is 5.84. The third-order valence-electron chi connectivity index (χ3n) is 4.03. The third-order valence-corrected chi connectivity index (χ3v) is 4.03. The summed E-state index contributed by atoms with van der Waals surface area (Å²) >= 11 is 0. The van der Waals surface area contributed by atoms with Gasteiger partial charge in [-0.1, -0.05) is 49.4 Å². The van der Waals surface area contributed by atoms with Crippen molar-refractivity contribution in [3.05, 3.63) is 42.0 Å². The van der Waals surface area contributed by atoms with Crippen LogP contribution >= 0.6 is 0 Å². The Morgan fingerprint density at radius 1 is 1.35 bits per heavy atom. The minimum Gasteiger partial charge on any atom is -0.465 e. The molecule has 1 atom stereocenters. The number of hydrogen-bond acceptors (Lipinski definition) is 3. The average molecular weight is 315 g/mol. The molecule has 1 aliphatic heterocycles. The molecule has 1 aromatic rings. The zero-order valence-electron chi connectivity index (χ0n) is 13.7. The van der Waals surface area contributed by atoms with Gasteiger partial charge in [0.2, 0.25) is 5.91 Å². The number of benzene rings is 1. The fourth-order valence-electron chi connectivity index (χ4n) is 2.72. The lowest BCUT2D eigenvalue weighted by molar-refractivity contribution is -0.141. The SMILES string of the molecule is CCCN(CC=Cc1ccccc1)C(=O)CCC1CCOC1=O. The molecule has 2 rings (SSSR count). The van der Waals surface area contributed by atoms with Gasteiger partial charge in [0, 0.05) is 19.5 Å². The number of esters is 1. The lowest BCUT2D eigenvalue weighted by Crippen LogP contribution is -2.32. The summed E-state index contributed by atoms with van der Waals surface area (Å²) in [5.74, 6) is -0.129. The Labute approximate surface area is 138 Å². The van der Waals surface area contributed by atoms with Crippen molar-refractivity contribution in [1.29, 1.82) is 0 Å². The van der Waals surface area contributed by atoms with Crippen LogP contribution in [0.25, 0.3) is 6.08 Å². The van der Waals surface area contributed by atoms with E-state index in [4.69, 9.17) is 4.74 Å². The Hall–Kier alpha value is -2.10. The number of amides is 1. The van der Waals surface area contributed by atoms with E-state index >= 15 is 0 Å². The standard InChI is InChI=1S/C19H25NO3/c1-2-13-20(14-6-9-16-7-4-3-5-8-16)18(21)11-10-17-12-15-23-19(17)22/h3-9,17H,2,10-15H2,1H3. The van der Waals surface area contributed by atoms with E-state index in [-0.39, 0.29) is 17.8 Å². The van der Waals surface area contributed by atoms with Crippen LogP contribution in [0.2, 0.25) is 0 Å². The Morgan fingerprint density at radius 3 is 2.78 bits per heavy atom. The predicted molar refractivity (Wildman–Crippen MR) is 90.6 cm³/mol. The fourth-order valence-corrected chi connectivity index (χ4v) is 2.72. The average Bonchev–Trinajstić information content (AvgIpc) is 2.98. The summed E-state index contributed by atoms with van der Waals surface area (Å²) in [7, 11) is 0. The monoisotopic (exact) mass is 315 g/mol.